The van der Waals surface area contributed by atoms with Crippen molar-refractivity contribution in [1.82, 2.24) is 14.5 Å². The monoisotopic (exact) mass is 353 g/mol. The first-order valence-corrected chi connectivity index (χ1v) is 8.34. The lowest BCUT2D eigenvalue weighted by Crippen LogP contribution is -2.32. The van der Waals surface area contributed by atoms with Crippen molar-refractivity contribution in [3.8, 4) is 5.75 Å². The van der Waals surface area contributed by atoms with Crippen molar-refractivity contribution in [1.29, 1.82) is 0 Å². The van der Waals surface area contributed by atoms with E-state index in [2.05, 4.69) is 9.88 Å². The number of nitrogens with zero attached hydrogens (tertiary/aromatic N) is 2. The van der Waals surface area contributed by atoms with Crippen LogP contribution in [-0.2, 0) is 6.54 Å². The number of likely N-dealkylation sites (tertiary alicyclic amines) is 1. The van der Waals surface area contributed by atoms with Crippen LogP contribution in [0.15, 0.2) is 27.8 Å². The SMILES string of the molecule is Cl.O=c1[nH]c(=O)n(CCCCN2CCCCC2)c2c(O)cccc12. The highest BCUT2D eigenvalue weighted by atomic mass is 35.5. The van der Waals surface area contributed by atoms with Crippen LogP contribution in [0.25, 0.3) is 10.9 Å². The van der Waals surface area contributed by atoms with E-state index in [0.717, 1.165) is 19.4 Å². The number of aryl methyl sites for hydroxylation is 1. The number of aromatic amines is 1. The molecule has 0 amide bonds. The van der Waals surface area contributed by atoms with E-state index in [0.29, 0.717) is 17.4 Å². The van der Waals surface area contributed by atoms with E-state index < -0.39 is 11.2 Å². The predicted molar refractivity (Wildman–Crippen MR) is 97.3 cm³/mol. The van der Waals surface area contributed by atoms with Crippen molar-refractivity contribution in [2.45, 2.75) is 38.6 Å². The first-order valence-electron chi connectivity index (χ1n) is 8.34. The molecule has 3 rings (SSSR count). The summed E-state index contributed by atoms with van der Waals surface area (Å²) in [7, 11) is 0. The first-order chi connectivity index (χ1) is 11.2. The van der Waals surface area contributed by atoms with Crippen LogP contribution in [0.2, 0.25) is 0 Å². The molecule has 1 aliphatic heterocycles. The van der Waals surface area contributed by atoms with Gasteiger partial charge in [-0.3, -0.25) is 14.3 Å². The van der Waals surface area contributed by atoms with Gasteiger partial charge in [0.25, 0.3) is 5.56 Å². The number of para-hydroxylation sites is 1. The molecule has 1 saturated heterocycles. The molecule has 2 heterocycles. The summed E-state index contributed by atoms with van der Waals surface area (Å²) in [6, 6.07) is 4.74. The van der Waals surface area contributed by atoms with Crippen molar-refractivity contribution in [3.63, 3.8) is 0 Å². The molecule has 6 nitrogen and oxygen atoms in total. The largest absolute Gasteiger partial charge is 0.506 e. The van der Waals surface area contributed by atoms with E-state index in [9.17, 15) is 14.7 Å². The lowest BCUT2D eigenvalue weighted by molar-refractivity contribution is 0.223. The standard InChI is InChI=1S/C17H23N3O3.ClH/c21-14-8-6-7-13-15(14)20(17(23)18-16(13)22)12-5-4-11-19-9-2-1-3-10-19;/h6-8,21H,1-5,9-12H2,(H,18,22,23);1H. The van der Waals surface area contributed by atoms with E-state index >= 15 is 0 Å². The van der Waals surface area contributed by atoms with Crippen molar-refractivity contribution in [3.05, 3.63) is 39.0 Å². The molecule has 7 heteroatoms. The minimum absolute atomic E-state index is 0. The molecule has 132 valence electrons. The Morgan fingerprint density at radius 2 is 1.75 bits per heavy atom. The zero-order chi connectivity index (χ0) is 16.2. The lowest BCUT2D eigenvalue weighted by atomic mass is 10.1. The van der Waals surface area contributed by atoms with Gasteiger partial charge >= 0.3 is 5.69 Å². The van der Waals surface area contributed by atoms with Crippen molar-refractivity contribution >= 4 is 23.3 Å². The summed E-state index contributed by atoms with van der Waals surface area (Å²) < 4.78 is 1.47. The second kappa shape index (κ2) is 8.35. The van der Waals surface area contributed by atoms with Crippen LogP contribution in [0, 0.1) is 0 Å². The Morgan fingerprint density at radius 3 is 2.50 bits per heavy atom. The summed E-state index contributed by atoms with van der Waals surface area (Å²) in [5, 5.41) is 10.4. The highest BCUT2D eigenvalue weighted by molar-refractivity contribution is 5.85. The number of H-pyrrole nitrogens is 1. The highest BCUT2D eigenvalue weighted by Gasteiger charge is 2.12. The number of hydrogen-bond donors (Lipinski definition) is 2. The minimum Gasteiger partial charge on any atom is -0.506 e. The fourth-order valence-corrected chi connectivity index (χ4v) is 3.33. The summed E-state index contributed by atoms with van der Waals surface area (Å²) in [4.78, 5) is 28.7. The number of fused-ring (bicyclic) bond motifs is 1. The summed E-state index contributed by atoms with van der Waals surface area (Å²) >= 11 is 0. The Balaban J connectivity index is 0.00000208. The van der Waals surface area contributed by atoms with Crippen LogP contribution in [-0.4, -0.2) is 39.2 Å². The zero-order valence-corrected chi connectivity index (χ0v) is 14.5. The molecule has 1 aromatic heterocycles. The Kier molecular flexibility index (Phi) is 6.45. The molecule has 0 bridgehead atoms. The maximum Gasteiger partial charge on any atom is 0.328 e. The number of aromatic nitrogens is 2. The summed E-state index contributed by atoms with van der Waals surface area (Å²) in [5.41, 5.74) is -0.577. The third-order valence-corrected chi connectivity index (χ3v) is 4.55. The van der Waals surface area contributed by atoms with E-state index in [1.165, 1.54) is 43.0 Å². The van der Waals surface area contributed by atoms with E-state index in [1.807, 2.05) is 0 Å². The van der Waals surface area contributed by atoms with Gasteiger partial charge in [-0.2, -0.15) is 0 Å². The van der Waals surface area contributed by atoms with E-state index in [1.54, 1.807) is 12.1 Å². The molecule has 0 atom stereocenters. The summed E-state index contributed by atoms with van der Waals surface area (Å²) in [6.45, 7) is 3.88. The van der Waals surface area contributed by atoms with E-state index in [-0.39, 0.29) is 18.2 Å². The number of piperidine rings is 1. The number of phenols is 1. The minimum atomic E-state index is -0.457. The van der Waals surface area contributed by atoms with Gasteiger partial charge in [-0.05, 0) is 57.5 Å². The number of aromatic hydroxyl groups is 1. The van der Waals surface area contributed by atoms with Gasteiger partial charge in [-0.15, -0.1) is 12.4 Å². The second-order valence-corrected chi connectivity index (χ2v) is 6.19. The van der Waals surface area contributed by atoms with Gasteiger partial charge in [0.2, 0.25) is 0 Å². The third-order valence-electron chi connectivity index (χ3n) is 4.55. The van der Waals surface area contributed by atoms with Crippen LogP contribution in [0.1, 0.15) is 32.1 Å². The quantitative estimate of drug-likeness (QED) is 0.807. The Morgan fingerprint density at radius 1 is 1.04 bits per heavy atom. The fraction of sp³-hybridized carbons (Fsp3) is 0.529. The Hall–Kier alpha value is -1.79. The molecule has 0 saturated carbocycles. The van der Waals surface area contributed by atoms with Crippen LogP contribution in [0.3, 0.4) is 0 Å². The maximum atomic E-state index is 12.1. The number of unbranched alkanes of at least 4 members (excludes halogenated alkanes) is 1. The number of hydrogen-bond acceptors (Lipinski definition) is 4. The molecule has 0 aliphatic carbocycles. The average Bonchev–Trinajstić information content (AvgIpc) is 2.55. The smallest absolute Gasteiger partial charge is 0.328 e. The van der Waals surface area contributed by atoms with Crippen LogP contribution < -0.4 is 11.2 Å². The van der Waals surface area contributed by atoms with Gasteiger partial charge in [0.05, 0.1) is 5.39 Å². The van der Waals surface area contributed by atoms with Crippen LogP contribution >= 0.6 is 12.4 Å². The second-order valence-electron chi connectivity index (χ2n) is 6.19. The maximum absolute atomic E-state index is 12.1. The molecule has 0 spiro atoms. The Labute approximate surface area is 146 Å². The van der Waals surface area contributed by atoms with Gasteiger partial charge in [-0.1, -0.05) is 12.5 Å². The zero-order valence-electron chi connectivity index (χ0n) is 13.7. The average molecular weight is 354 g/mol. The van der Waals surface area contributed by atoms with Gasteiger partial charge in [0, 0.05) is 6.54 Å². The van der Waals surface area contributed by atoms with Crippen LogP contribution in [0.4, 0.5) is 0 Å². The first kappa shape index (κ1) is 18.5. The third kappa shape index (κ3) is 3.99. The van der Waals surface area contributed by atoms with Gasteiger partial charge in [0.1, 0.15) is 11.3 Å². The highest BCUT2D eigenvalue weighted by Crippen LogP contribution is 2.20. The van der Waals surface area contributed by atoms with Crippen molar-refractivity contribution < 1.29 is 5.11 Å². The summed E-state index contributed by atoms with van der Waals surface area (Å²) in [5.74, 6) is -0.0262. The topological polar surface area (TPSA) is 78.3 Å². The van der Waals surface area contributed by atoms with Gasteiger partial charge in [0.15, 0.2) is 0 Å². The normalized spacial score (nSPS) is 15.3. The molecule has 1 aliphatic rings. The number of halogens is 1. The van der Waals surface area contributed by atoms with Crippen LogP contribution in [0.5, 0.6) is 5.75 Å². The van der Waals surface area contributed by atoms with Gasteiger partial charge < -0.3 is 10.0 Å². The number of rotatable bonds is 5. The number of benzene rings is 1. The van der Waals surface area contributed by atoms with Crippen molar-refractivity contribution in [2.75, 3.05) is 19.6 Å². The Bertz CT molecular complexity index is 794. The molecule has 2 aromatic rings. The number of phenolic OH excluding ortho intramolecular Hbond substituents is 1. The van der Waals surface area contributed by atoms with E-state index in [4.69, 9.17) is 0 Å². The molecule has 0 unspecified atom stereocenters. The van der Waals surface area contributed by atoms with Gasteiger partial charge in [-0.25, -0.2) is 4.79 Å². The predicted octanol–water partition coefficient (Wildman–Crippen LogP) is 2.08. The van der Waals surface area contributed by atoms with Crippen molar-refractivity contribution in [2.24, 2.45) is 0 Å². The molecule has 1 aromatic carbocycles. The molecule has 0 radical (unpaired) electrons. The molecular weight excluding hydrogens is 330 g/mol. The summed E-state index contributed by atoms with van der Waals surface area (Å²) in [6.07, 6.45) is 5.72. The molecular formula is C17H24ClN3O3. The lowest BCUT2D eigenvalue weighted by Gasteiger charge is -2.26. The fourth-order valence-electron chi connectivity index (χ4n) is 3.33. The molecule has 24 heavy (non-hydrogen) atoms. The number of nitrogens with one attached hydrogen (secondary N) is 1. The molecule has 2 N–H and O–H groups in total. The molecule has 1 fully saturated rings.